The molecule has 1 aliphatic rings. The van der Waals surface area contributed by atoms with Gasteiger partial charge in [-0.15, -0.1) is 17.9 Å². The van der Waals surface area contributed by atoms with Gasteiger partial charge >= 0.3 is 0 Å². The van der Waals surface area contributed by atoms with Crippen molar-refractivity contribution in [1.82, 2.24) is 23.8 Å². The highest BCUT2D eigenvalue weighted by Gasteiger charge is 2.22. The van der Waals surface area contributed by atoms with Crippen LogP contribution in [0.4, 0.5) is 0 Å². The minimum atomic E-state index is -0.0328. The normalized spacial score (nSPS) is 15.7. The fourth-order valence-electron chi connectivity index (χ4n) is 4.09. The topological polar surface area (TPSA) is 62.9 Å². The van der Waals surface area contributed by atoms with E-state index in [0.29, 0.717) is 13.1 Å². The van der Waals surface area contributed by atoms with Crippen LogP contribution in [0.1, 0.15) is 27.4 Å². The van der Waals surface area contributed by atoms with Crippen molar-refractivity contribution < 1.29 is 4.79 Å². The van der Waals surface area contributed by atoms with Crippen molar-refractivity contribution in [2.75, 3.05) is 32.7 Å². The smallest absolute Gasteiger partial charge is 0.258 e. The summed E-state index contributed by atoms with van der Waals surface area (Å²) < 4.78 is 3.70. The first kappa shape index (κ1) is 20.7. The second-order valence-corrected chi connectivity index (χ2v) is 8.67. The number of nitrogens with zero attached hydrogens (tertiary/aromatic N) is 5. The Labute approximate surface area is 179 Å². The van der Waals surface area contributed by atoms with Gasteiger partial charge in [0.1, 0.15) is 0 Å². The van der Waals surface area contributed by atoms with Crippen molar-refractivity contribution in [3.8, 4) is 0 Å². The van der Waals surface area contributed by atoms with Crippen LogP contribution in [0.25, 0.3) is 4.96 Å². The van der Waals surface area contributed by atoms with Gasteiger partial charge in [0.25, 0.3) is 5.56 Å². The standard InChI is InChI=1S/C22H27N5O2S/c1-4-5-26-16(2)12-19(17(26)3)20(28)15-25-8-6-24(7-9-25)14-18-13-21(29)27-10-11-30-22(27)23-18/h4,10-13H,1,5-9,14-15H2,2-3H3. The average Bonchev–Trinajstić information content (AvgIpc) is 3.30. The second kappa shape index (κ2) is 8.67. The molecule has 0 N–H and O–H groups in total. The highest BCUT2D eigenvalue weighted by atomic mass is 32.1. The summed E-state index contributed by atoms with van der Waals surface area (Å²) in [7, 11) is 0. The number of hydrogen-bond donors (Lipinski definition) is 0. The van der Waals surface area contributed by atoms with Gasteiger partial charge in [-0.2, -0.15) is 0 Å². The first-order valence-corrected chi connectivity index (χ1v) is 11.1. The van der Waals surface area contributed by atoms with Crippen LogP contribution in [-0.4, -0.2) is 62.3 Å². The molecule has 158 valence electrons. The SMILES string of the molecule is C=CCn1c(C)cc(C(=O)CN2CCN(Cc3cc(=O)n4ccsc4n3)CC2)c1C. The summed E-state index contributed by atoms with van der Waals surface area (Å²) in [5.74, 6) is 0.171. The average molecular weight is 426 g/mol. The van der Waals surface area contributed by atoms with Crippen LogP contribution < -0.4 is 5.56 Å². The van der Waals surface area contributed by atoms with E-state index in [2.05, 4.69) is 25.9 Å². The molecule has 0 saturated carbocycles. The molecular formula is C22H27N5O2S. The second-order valence-electron chi connectivity index (χ2n) is 7.80. The van der Waals surface area contributed by atoms with Gasteiger partial charge in [0.2, 0.25) is 0 Å². The highest BCUT2D eigenvalue weighted by molar-refractivity contribution is 7.15. The van der Waals surface area contributed by atoms with Crippen molar-refractivity contribution in [2.45, 2.75) is 26.9 Å². The van der Waals surface area contributed by atoms with Crippen molar-refractivity contribution in [1.29, 1.82) is 0 Å². The number of hydrogen-bond acceptors (Lipinski definition) is 6. The maximum atomic E-state index is 12.9. The largest absolute Gasteiger partial charge is 0.345 e. The Balaban J connectivity index is 1.34. The monoisotopic (exact) mass is 425 g/mol. The number of ketones is 1. The van der Waals surface area contributed by atoms with Gasteiger partial charge in [-0.3, -0.25) is 23.8 Å². The number of piperazine rings is 1. The van der Waals surface area contributed by atoms with E-state index in [9.17, 15) is 9.59 Å². The quantitative estimate of drug-likeness (QED) is 0.430. The third kappa shape index (κ3) is 4.16. The van der Waals surface area contributed by atoms with E-state index in [0.717, 1.165) is 60.3 Å². The van der Waals surface area contributed by atoms with Crippen molar-refractivity contribution in [3.05, 3.63) is 69.4 Å². The predicted molar refractivity (Wildman–Crippen MR) is 119 cm³/mol. The molecule has 3 aromatic rings. The summed E-state index contributed by atoms with van der Waals surface area (Å²) in [5, 5.41) is 1.87. The Morgan fingerprint density at radius 1 is 1.20 bits per heavy atom. The number of allylic oxidation sites excluding steroid dienone is 1. The molecule has 0 amide bonds. The summed E-state index contributed by atoms with van der Waals surface area (Å²) >= 11 is 1.47. The maximum absolute atomic E-state index is 12.9. The maximum Gasteiger partial charge on any atom is 0.258 e. The van der Waals surface area contributed by atoms with Crippen LogP contribution in [0.2, 0.25) is 0 Å². The number of thiazole rings is 1. The summed E-state index contributed by atoms with van der Waals surface area (Å²) in [6.45, 7) is 13.0. The zero-order valence-corrected chi connectivity index (χ0v) is 18.3. The number of carbonyl (C=O) groups is 1. The Bertz CT molecular complexity index is 1130. The van der Waals surface area contributed by atoms with Crippen LogP contribution >= 0.6 is 11.3 Å². The number of Topliss-reactive ketones (excluding diaryl/α,β-unsaturated/α-hetero) is 1. The minimum Gasteiger partial charge on any atom is -0.345 e. The van der Waals surface area contributed by atoms with Crippen LogP contribution in [0.3, 0.4) is 0 Å². The van der Waals surface area contributed by atoms with Gasteiger partial charge in [0, 0.05) is 73.9 Å². The highest BCUT2D eigenvalue weighted by Crippen LogP contribution is 2.17. The van der Waals surface area contributed by atoms with E-state index in [-0.39, 0.29) is 11.3 Å². The molecule has 0 aliphatic carbocycles. The molecule has 0 bridgehead atoms. The van der Waals surface area contributed by atoms with Gasteiger partial charge in [0.05, 0.1) is 12.2 Å². The molecule has 1 fully saturated rings. The van der Waals surface area contributed by atoms with Gasteiger partial charge in [0.15, 0.2) is 10.7 Å². The Hall–Kier alpha value is -2.55. The predicted octanol–water partition coefficient (Wildman–Crippen LogP) is 2.36. The van der Waals surface area contributed by atoms with Crippen LogP contribution in [0, 0.1) is 13.8 Å². The third-order valence-electron chi connectivity index (χ3n) is 5.76. The third-order valence-corrected chi connectivity index (χ3v) is 6.52. The first-order chi connectivity index (χ1) is 14.5. The lowest BCUT2D eigenvalue weighted by atomic mass is 10.1. The zero-order valence-electron chi connectivity index (χ0n) is 17.5. The lowest BCUT2D eigenvalue weighted by molar-refractivity contribution is 0.0841. The van der Waals surface area contributed by atoms with Crippen molar-refractivity contribution in [2.24, 2.45) is 0 Å². The van der Waals surface area contributed by atoms with E-state index >= 15 is 0 Å². The lowest BCUT2D eigenvalue weighted by Crippen LogP contribution is -2.47. The number of aromatic nitrogens is 3. The molecule has 3 aromatic heterocycles. The Morgan fingerprint density at radius 3 is 2.67 bits per heavy atom. The number of fused-ring (bicyclic) bond motifs is 1. The zero-order chi connectivity index (χ0) is 21.3. The molecule has 4 rings (SSSR count). The fraction of sp³-hybridized carbons (Fsp3) is 0.409. The molecular weight excluding hydrogens is 398 g/mol. The van der Waals surface area contributed by atoms with E-state index in [1.54, 1.807) is 16.7 Å². The van der Waals surface area contributed by atoms with Crippen molar-refractivity contribution >= 4 is 22.1 Å². The molecule has 7 nitrogen and oxygen atoms in total. The van der Waals surface area contributed by atoms with Gasteiger partial charge in [-0.1, -0.05) is 6.08 Å². The van der Waals surface area contributed by atoms with E-state index < -0.39 is 0 Å². The molecule has 8 heteroatoms. The summed E-state index contributed by atoms with van der Waals surface area (Å²) in [6, 6.07) is 3.61. The molecule has 0 spiro atoms. The van der Waals surface area contributed by atoms with E-state index in [1.807, 2.05) is 31.4 Å². The van der Waals surface area contributed by atoms with Gasteiger partial charge < -0.3 is 4.57 Å². The molecule has 1 saturated heterocycles. The summed E-state index contributed by atoms with van der Waals surface area (Å²) in [6.07, 6.45) is 3.61. The molecule has 4 heterocycles. The minimum absolute atomic E-state index is 0.0328. The van der Waals surface area contributed by atoms with Crippen LogP contribution in [-0.2, 0) is 13.1 Å². The van der Waals surface area contributed by atoms with Crippen LogP contribution in [0.5, 0.6) is 0 Å². The molecule has 0 radical (unpaired) electrons. The lowest BCUT2D eigenvalue weighted by Gasteiger charge is -2.34. The molecule has 0 aromatic carbocycles. The Kier molecular flexibility index (Phi) is 5.99. The molecule has 0 unspecified atom stereocenters. The number of carbonyl (C=O) groups excluding carboxylic acids is 1. The fourth-order valence-corrected chi connectivity index (χ4v) is 4.82. The molecule has 1 aliphatic heterocycles. The number of aryl methyl sites for hydroxylation is 1. The van der Waals surface area contributed by atoms with Gasteiger partial charge in [-0.25, -0.2) is 4.98 Å². The first-order valence-electron chi connectivity index (χ1n) is 10.2. The number of rotatable bonds is 7. The Morgan fingerprint density at radius 2 is 1.93 bits per heavy atom. The summed E-state index contributed by atoms with van der Waals surface area (Å²) in [4.78, 5) is 34.9. The molecule has 0 atom stereocenters. The van der Waals surface area contributed by atoms with Crippen LogP contribution in [0.15, 0.2) is 41.2 Å². The van der Waals surface area contributed by atoms with E-state index in [4.69, 9.17) is 0 Å². The van der Waals surface area contributed by atoms with Crippen molar-refractivity contribution in [3.63, 3.8) is 0 Å². The molecule has 30 heavy (non-hydrogen) atoms. The summed E-state index contributed by atoms with van der Waals surface area (Å²) in [5.41, 5.74) is 3.69. The van der Waals surface area contributed by atoms with Gasteiger partial charge in [-0.05, 0) is 19.9 Å². The van der Waals surface area contributed by atoms with E-state index in [1.165, 1.54) is 11.3 Å².